The van der Waals surface area contributed by atoms with E-state index in [9.17, 15) is 9.18 Å². The Morgan fingerprint density at radius 2 is 1.62 bits per heavy atom. The number of anilines is 2. The lowest BCUT2D eigenvalue weighted by Gasteiger charge is -2.22. The van der Waals surface area contributed by atoms with Crippen molar-refractivity contribution in [3.05, 3.63) is 95.8 Å². The highest BCUT2D eigenvalue weighted by atomic mass is 19.1. The van der Waals surface area contributed by atoms with Crippen molar-refractivity contribution in [3.63, 3.8) is 0 Å². The minimum atomic E-state index is -0.398. The van der Waals surface area contributed by atoms with Crippen LogP contribution >= 0.6 is 0 Å². The van der Waals surface area contributed by atoms with Crippen LogP contribution in [0.25, 0.3) is 0 Å². The van der Waals surface area contributed by atoms with E-state index in [1.807, 2.05) is 54.6 Å². The van der Waals surface area contributed by atoms with E-state index in [1.165, 1.54) is 6.07 Å². The highest BCUT2D eigenvalue weighted by Crippen LogP contribution is 2.36. The average Bonchev–Trinajstić information content (AvgIpc) is 2.80. The van der Waals surface area contributed by atoms with Crippen LogP contribution in [0.5, 0.6) is 0 Å². The summed E-state index contributed by atoms with van der Waals surface area (Å²) in [6.45, 7) is 0.488. The van der Waals surface area contributed by atoms with Crippen LogP contribution < -0.4 is 10.2 Å². The molecule has 4 heteroatoms. The number of benzene rings is 3. The van der Waals surface area contributed by atoms with Gasteiger partial charge in [0.05, 0.1) is 30.4 Å². The van der Waals surface area contributed by atoms with Gasteiger partial charge in [0.2, 0.25) is 5.91 Å². The molecule has 130 valence electrons. The van der Waals surface area contributed by atoms with E-state index in [2.05, 4.69) is 5.32 Å². The number of rotatable bonds is 3. The van der Waals surface area contributed by atoms with Crippen LogP contribution in [0.2, 0.25) is 0 Å². The normalized spacial score (nSPS) is 16.6. The lowest BCUT2D eigenvalue weighted by Crippen LogP contribution is -2.30. The van der Waals surface area contributed by atoms with Crippen molar-refractivity contribution >= 4 is 17.3 Å². The van der Waals surface area contributed by atoms with Crippen molar-refractivity contribution in [2.24, 2.45) is 0 Å². The maximum absolute atomic E-state index is 14.3. The SMILES string of the molecule is O=C1CC(c2ccccc2F)Nc2ccccc2N1Cc1ccccc1. The lowest BCUT2D eigenvalue weighted by atomic mass is 10.0. The van der Waals surface area contributed by atoms with Crippen LogP contribution in [0.3, 0.4) is 0 Å². The Bertz CT molecular complexity index is 926. The van der Waals surface area contributed by atoms with E-state index in [0.29, 0.717) is 12.1 Å². The molecule has 0 spiro atoms. The fraction of sp³-hybridized carbons (Fsp3) is 0.136. The Morgan fingerprint density at radius 3 is 2.42 bits per heavy atom. The summed E-state index contributed by atoms with van der Waals surface area (Å²) in [6.07, 6.45) is 0.197. The molecule has 1 heterocycles. The van der Waals surface area contributed by atoms with Crippen molar-refractivity contribution in [2.75, 3.05) is 10.2 Å². The predicted molar refractivity (Wildman–Crippen MR) is 101 cm³/mol. The van der Waals surface area contributed by atoms with E-state index < -0.39 is 6.04 Å². The number of amides is 1. The van der Waals surface area contributed by atoms with Crippen molar-refractivity contribution in [2.45, 2.75) is 19.0 Å². The Labute approximate surface area is 152 Å². The number of hydrogen-bond acceptors (Lipinski definition) is 2. The Hall–Kier alpha value is -3.14. The topological polar surface area (TPSA) is 32.3 Å². The van der Waals surface area contributed by atoms with Gasteiger partial charge in [-0.3, -0.25) is 4.79 Å². The minimum Gasteiger partial charge on any atom is -0.376 e. The number of nitrogens with one attached hydrogen (secondary N) is 1. The first-order valence-electron chi connectivity index (χ1n) is 8.66. The molecule has 1 aliphatic heterocycles. The summed E-state index contributed by atoms with van der Waals surface area (Å²) in [5.41, 5.74) is 3.22. The molecule has 1 atom stereocenters. The maximum atomic E-state index is 14.3. The van der Waals surface area contributed by atoms with Crippen molar-refractivity contribution < 1.29 is 9.18 Å². The molecule has 0 fully saturated rings. The van der Waals surface area contributed by atoms with Crippen molar-refractivity contribution in [1.82, 2.24) is 0 Å². The molecule has 1 aliphatic rings. The van der Waals surface area contributed by atoms with Gasteiger partial charge in [-0.05, 0) is 23.8 Å². The van der Waals surface area contributed by atoms with E-state index >= 15 is 0 Å². The second-order valence-corrected chi connectivity index (χ2v) is 6.41. The third-order valence-corrected chi connectivity index (χ3v) is 4.67. The Kier molecular flexibility index (Phi) is 4.40. The second-order valence-electron chi connectivity index (χ2n) is 6.41. The summed E-state index contributed by atoms with van der Waals surface area (Å²) in [7, 11) is 0. The van der Waals surface area contributed by atoms with Gasteiger partial charge in [0, 0.05) is 5.56 Å². The Balaban J connectivity index is 1.72. The average molecular weight is 346 g/mol. The monoisotopic (exact) mass is 346 g/mol. The summed E-state index contributed by atoms with van der Waals surface area (Å²) < 4.78 is 14.3. The summed E-state index contributed by atoms with van der Waals surface area (Å²) in [5.74, 6) is -0.327. The molecule has 3 aromatic carbocycles. The molecule has 0 radical (unpaired) electrons. The largest absolute Gasteiger partial charge is 0.376 e. The van der Waals surface area contributed by atoms with Crippen LogP contribution in [0.1, 0.15) is 23.6 Å². The highest BCUT2D eigenvalue weighted by molar-refractivity contribution is 5.98. The van der Waals surface area contributed by atoms with Gasteiger partial charge in [0.25, 0.3) is 0 Å². The van der Waals surface area contributed by atoms with Gasteiger partial charge in [0.15, 0.2) is 0 Å². The molecule has 0 aliphatic carbocycles. The second kappa shape index (κ2) is 7.00. The van der Waals surface area contributed by atoms with E-state index in [1.54, 1.807) is 23.1 Å². The number of para-hydroxylation sites is 2. The number of nitrogens with zero attached hydrogens (tertiary/aromatic N) is 1. The molecular formula is C22H19FN2O. The molecule has 1 unspecified atom stereocenters. The summed E-state index contributed by atoms with van der Waals surface area (Å²) in [4.78, 5) is 14.8. The van der Waals surface area contributed by atoms with Crippen LogP contribution in [0.4, 0.5) is 15.8 Å². The first kappa shape index (κ1) is 16.3. The van der Waals surface area contributed by atoms with Crippen molar-refractivity contribution in [3.8, 4) is 0 Å². The minimum absolute atomic E-state index is 0.0282. The maximum Gasteiger partial charge on any atom is 0.229 e. The number of carbonyl (C=O) groups excluding carboxylic acids is 1. The van der Waals surface area contributed by atoms with Gasteiger partial charge in [-0.1, -0.05) is 60.7 Å². The van der Waals surface area contributed by atoms with Gasteiger partial charge in [-0.15, -0.1) is 0 Å². The standard InChI is InChI=1S/C22H19FN2O/c23-18-11-5-4-10-17(18)20-14-22(26)25(15-16-8-2-1-3-9-16)21-13-7-6-12-19(21)24-20/h1-13,20,24H,14-15H2. The summed E-state index contributed by atoms with van der Waals surface area (Å²) in [6, 6.07) is 23.8. The fourth-order valence-corrected chi connectivity index (χ4v) is 3.37. The van der Waals surface area contributed by atoms with Gasteiger partial charge < -0.3 is 10.2 Å². The smallest absolute Gasteiger partial charge is 0.229 e. The zero-order valence-electron chi connectivity index (χ0n) is 14.2. The van der Waals surface area contributed by atoms with Crippen LogP contribution in [0.15, 0.2) is 78.9 Å². The highest BCUT2D eigenvalue weighted by Gasteiger charge is 2.29. The van der Waals surface area contributed by atoms with Crippen molar-refractivity contribution in [1.29, 1.82) is 0 Å². The predicted octanol–water partition coefficient (Wildman–Crippen LogP) is 4.92. The molecular weight excluding hydrogens is 327 g/mol. The van der Waals surface area contributed by atoms with Crippen LogP contribution in [-0.4, -0.2) is 5.91 Å². The number of fused-ring (bicyclic) bond motifs is 1. The molecule has 3 nitrogen and oxygen atoms in total. The molecule has 0 saturated heterocycles. The number of carbonyl (C=O) groups is 1. The van der Waals surface area contributed by atoms with E-state index in [-0.39, 0.29) is 18.1 Å². The molecule has 1 N–H and O–H groups in total. The van der Waals surface area contributed by atoms with Gasteiger partial charge in [0.1, 0.15) is 5.82 Å². The van der Waals surface area contributed by atoms with Gasteiger partial charge in [-0.25, -0.2) is 4.39 Å². The Morgan fingerprint density at radius 1 is 0.923 bits per heavy atom. The van der Waals surface area contributed by atoms with E-state index in [0.717, 1.165) is 16.9 Å². The van der Waals surface area contributed by atoms with Gasteiger partial charge in [-0.2, -0.15) is 0 Å². The first-order valence-corrected chi connectivity index (χ1v) is 8.66. The fourth-order valence-electron chi connectivity index (χ4n) is 3.37. The third kappa shape index (κ3) is 3.18. The first-order chi connectivity index (χ1) is 12.7. The molecule has 1 amide bonds. The zero-order chi connectivity index (χ0) is 17.9. The van der Waals surface area contributed by atoms with Crippen LogP contribution in [0, 0.1) is 5.82 Å². The molecule has 0 aromatic heterocycles. The lowest BCUT2D eigenvalue weighted by molar-refractivity contribution is -0.118. The van der Waals surface area contributed by atoms with E-state index in [4.69, 9.17) is 0 Å². The zero-order valence-corrected chi connectivity index (χ0v) is 14.2. The third-order valence-electron chi connectivity index (χ3n) is 4.67. The molecule has 3 aromatic rings. The van der Waals surface area contributed by atoms with Crippen LogP contribution in [-0.2, 0) is 11.3 Å². The molecule has 26 heavy (non-hydrogen) atoms. The molecule has 0 bridgehead atoms. The quantitative estimate of drug-likeness (QED) is 0.730. The van der Waals surface area contributed by atoms with Gasteiger partial charge >= 0.3 is 0 Å². The molecule has 0 saturated carbocycles. The molecule has 4 rings (SSSR count). The summed E-state index contributed by atoms with van der Waals surface area (Å²) >= 11 is 0. The number of hydrogen-bond donors (Lipinski definition) is 1. The number of halogens is 1. The summed E-state index contributed by atoms with van der Waals surface area (Å²) in [5, 5.41) is 3.36.